The Bertz CT molecular complexity index is 1100. The third kappa shape index (κ3) is 3.88. The number of piperidine rings is 1. The molecule has 3 aromatic rings. The lowest BCUT2D eigenvalue weighted by atomic mass is 10.1. The number of piperazine rings is 1. The number of aryl methyl sites for hydroxylation is 1. The Labute approximate surface area is 192 Å². The molecule has 0 radical (unpaired) electrons. The molecule has 1 aromatic carbocycles. The maximum absolute atomic E-state index is 13.2. The Hall–Kier alpha value is -2.87. The molecular weight excluding hydrogens is 422 g/mol. The number of carbonyl (C=O) groups excluding carboxylic acids is 1. The van der Waals surface area contributed by atoms with Crippen molar-refractivity contribution in [3.63, 3.8) is 0 Å². The van der Waals surface area contributed by atoms with E-state index in [4.69, 9.17) is 4.74 Å². The number of benzene rings is 1. The van der Waals surface area contributed by atoms with Crippen LogP contribution in [0.2, 0.25) is 0 Å². The van der Waals surface area contributed by atoms with Gasteiger partial charge in [0, 0.05) is 45.0 Å². The number of thiophene rings is 1. The molecule has 2 saturated heterocycles. The zero-order valence-corrected chi connectivity index (χ0v) is 19.5. The summed E-state index contributed by atoms with van der Waals surface area (Å²) in [5, 5.41) is 1.04. The Kier molecular flexibility index (Phi) is 5.87. The van der Waals surface area contributed by atoms with Crippen LogP contribution in [-0.2, 0) is 0 Å². The lowest BCUT2D eigenvalue weighted by Crippen LogP contribution is -2.46. The van der Waals surface area contributed by atoms with E-state index in [1.54, 1.807) is 13.4 Å². The van der Waals surface area contributed by atoms with E-state index in [-0.39, 0.29) is 5.91 Å². The number of likely N-dealkylation sites (tertiary alicyclic amines) is 1. The van der Waals surface area contributed by atoms with Crippen molar-refractivity contribution < 1.29 is 9.53 Å². The molecule has 1 amide bonds. The average Bonchev–Trinajstić information content (AvgIpc) is 3.21. The molecule has 5 rings (SSSR count). The summed E-state index contributed by atoms with van der Waals surface area (Å²) in [5.74, 6) is 1.98. The van der Waals surface area contributed by atoms with E-state index in [9.17, 15) is 4.79 Å². The zero-order chi connectivity index (χ0) is 22.1. The largest absolute Gasteiger partial charge is 0.497 e. The van der Waals surface area contributed by atoms with Gasteiger partial charge in [-0.3, -0.25) is 4.79 Å². The SMILES string of the molecule is COc1ccc(N2CCN(c3ncnc4sc(C(=O)N5CCCCC5)c(C)c34)CC2)cc1. The van der Waals surface area contributed by atoms with Gasteiger partial charge in [0.2, 0.25) is 0 Å². The van der Waals surface area contributed by atoms with Crippen LogP contribution in [0.5, 0.6) is 5.75 Å². The first-order valence-corrected chi connectivity index (χ1v) is 12.1. The minimum Gasteiger partial charge on any atom is -0.497 e. The zero-order valence-electron chi connectivity index (χ0n) is 18.7. The minimum absolute atomic E-state index is 0.153. The highest BCUT2D eigenvalue weighted by molar-refractivity contribution is 7.20. The van der Waals surface area contributed by atoms with E-state index >= 15 is 0 Å². The molecule has 2 aromatic heterocycles. The first-order chi connectivity index (χ1) is 15.7. The molecule has 32 heavy (non-hydrogen) atoms. The quantitative estimate of drug-likeness (QED) is 0.598. The van der Waals surface area contributed by atoms with Crippen molar-refractivity contribution >= 4 is 39.0 Å². The van der Waals surface area contributed by atoms with Crippen molar-refractivity contribution in [1.82, 2.24) is 14.9 Å². The Balaban J connectivity index is 1.36. The summed E-state index contributed by atoms with van der Waals surface area (Å²) in [6, 6.07) is 8.23. The Morgan fingerprint density at radius 1 is 0.938 bits per heavy atom. The number of ether oxygens (including phenoxy) is 1. The number of fused-ring (bicyclic) bond motifs is 1. The summed E-state index contributed by atoms with van der Waals surface area (Å²) < 4.78 is 5.27. The monoisotopic (exact) mass is 451 g/mol. The highest BCUT2D eigenvalue weighted by Gasteiger charge is 2.27. The first-order valence-electron chi connectivity index (χ1n) is 11.3. The van der Waals surface area contributed by atoms with Crippen LogP contribution < -0.4 is 14.5 Å². The van der Waals surface area contributed by atoms with Crippen molar-refractivity contribution in [2.45, 2.75) is 26.2 Å². The molecule has 0 bridgehead atoms. The van der Waals surface area contributed by atoms with Crippen molar-refractivity contribution in [3.05, 3.63) is 41.0 Å². The fourth-order valence-corrected chi connectivity index (χ4v) is 5.82. The number of hydrogen-bond donors (Lipinski definition) is 0. The van der Waals surface area contributed by atoms with Crippen LogP contribution in [-0.4, -0.2) is 67.2 Å². The van der Waals surface area contributed by atoms with E-state index in [2.05, 4.69) is 38.8 Å². The highest BCUT2D eigenvalue weighted by atomic mass is 32.1. The number of amides is 1. The summed E-state index contributed by atoms with van der Waals surface area (Å²) in [6.45, 7) is 7.36. The smallest absolute Gasteiger partial charge is 0.264 e. The van der Waals surface area contributed by atoms with Crippen molar-refractivity contribution in [1.29, 1.82) is 0 Å². The van der Waals surface area contributed by atoms with Gasteiger partial charge in [0.25, 0.3) is 5.91 Å². The molecule has 0 N–H and O–H groups in total. The van der Waals surface area contributed by atoms with Gasteiger partial charge in [0.15, 0.2) is 0 Å². The molecule has 0 unspecified atom stereocenters. The van der Waals surface area contributed by atoms with Crippen molar-refractivity contribution in [3.8, 4) is 5.75 Å². The molecule has 0 spiro atoms. The van der Waals surface area contributed by atoms with Gasteiger partial charge < -0.3 is 19.4 Å². The number of carbonyl (C=O) groups is 1. The normalized spacial score (nSPS) is 17.1. The summed E-state index contributed by atoms with van der Waals surface area (Å²) in [5.41, 5.74) is 2.23. The molecular formula is C24H29N5O2S. The summed E-state index contributed by atoms with van der Waals surface area (Å²) in [4.78, 5) is 30.8. The predicted molar refractivity (Wildman–Crippen MR) is 129 cm³/mol. The Morgan fingerprint density at radius 2 is 1.62 bits per heavy atom. The van der Waals surface area contributed by atoms with Crippen molar-refractivity contribution in [2.75, 3.05) is 56.2 Å². The van der Waals surface area contributed by atoms with E-state index in [0.29, 0.717) is 0 Å². The van der Waals surface area contributed by atoms with E-state index < -0.39 is 0 Å². The molecule has 2 aliphatic heterocycles. The second-order valence-electron chi connectivity index (χ2n) is 8.46. The number of anilines is 2. The molecule has 0 atom stereocenters. The van der Waals surface area contributed by atoms with Gasteiger partial charge in [0.05, 0.1) is 17.4 Å². The van der Waals surface area contributed by atoms with Crippen LogP contribution in [0.4, 0.5) is 11.5 Å². The minimum atomic E-state index is 0.153. The van der Waals surface area contributed by atoms with Gasteiger partial charge >= 0.3 is 0 Å². The molecule has 2 fully saturated rings. The second kappa shape index (κ2) is 8.94. The van der Waals surface area contributed by atoms with Crippen LogP contribution in [0.25, 0.3) is 10.2 Å². The van der Waals surface area contributed by atoms with Crippen LogP contribution in [0.1, 0.15) is 34.5 Å². The third-order valence-corrected chi connectivity index (χ3v) is 7.75. The molecule has 4 heterocycles. The van der Waals surface area contributed by atoms with Crippen LogP contribution in [0.15, 0.2) is 30.6 Å². The molecule has 2 aliphatic rings. The molecule has 0 saturated carbocycles. The third-order valence-electron chi connectivity index (χ3n) is 6.56. The van der Waals surface area contributed by atoms with Gasteiger partial charge in [-0.1, -0.05) is 0 Å². The van der Waals surface area contributed by atoms with Gasteiger partial charge in [-0.15, -0.1) is 11.3 Å². The van der Waals surface area contributed by atoms with E-state index in [0.717, 1.165) is 84.3 Å². The lowest BCUT2D eigenvalue weighted by molar-refractivity contribution is 0.0728. The highest BCUT2D eigenvalue weighted by Crippen LogP contribution is 2.36. The molecule has 0 aliphatic carbocycles. The van der Waals surface area contributed by atoms with Gasteiger partial charge in [-0.05, 0) is 56.0 Å². The Morgan fingerprint density at radius 3 is 2.31 bits per heavy atom. The van der Waals surface area contributed by atoms with Crippen LogP contribution in [0, 0.1) is 6.92 Å². The lowest BCUT2D eigenvalue weighted by Gasteiger charge is -2.37. The standard InChI is InChI=1S/C24H29N5O2S/c1-17-20-22(28-14-12-27(13-15-28)18-6-8-19(31-2)9-7-18)25-16-26-23(20)32-21(17)24(30)29-10-4-3-5-11-29/h6-9,16H,3-5,10-15H2,1-2H3. The molecule has 168 valence electrons. The maximum Gasteiger partial charge on any atom is 0.264 e. The second-order valence-corrected chi connectivity index (χ2v) is 9.46. The first kappa shape index (κ1) is 21.0. The van der Waals surface area contributed by atoms with Gasteiger partial charge in [-0.2, -0.15) is 0 Å². The van der Waals surface area contributed by atoms with Crippen LogP contribution >= 0.6 is 11.3 Å². The van der Waals surface area contributed by atoms with E-state index in [1.165, 1.54) is 23.4 Å². The van der Waals surface area contributed by atoms with Crippen molar-refractivity contribution in [2.24, 2.45) is 0 Å². The fourth-order valence-electron chi connectivity index (χ4n) is 4.71. The fraction of sp³-hybridized carbons (Fsp3) is 0.458. The number of methoxy groups -OCH3 is 1. The number of rotatable bonds is 4. The number of nitrogens with zero attached hydrogens (tertiary/aromatic N) is 5. The van der Waals surface area contributed by atoms with Gasteiger partial charge in [0.1, 0.15) is 22.7 Å². The van der Waals surface area contributed by atoms with Gasteiger partial charge in [-0.25, -0.2) is 9.97 Å². The summed E-state index contributed by atoms with van der Waals surface area (Å²) >= 11 is 1.51. The molecule has 7 nitrogen and oxygen atoms in total. The summed E-state index contributed by atoms with van der Waals surface area (Å²) in [7, 11) is 1.69. The number of aromatic nitrogens is 2. The number of hydrogen-bond acceptors (Lipinski definition) is 7. The summed E-state index contributed by atoms with van der Waals surface area (Å²) in [6.07, 6.45) is 5.05. The average molecular weight is 452 g/mol. The maximum atomic E-state index is 13.2. The van der Waals surface area contributed by atoms with E-state index in [1.807, 2.05) is 17.0 Å². The topological polar surface area (TPSA) is 61.8 Å². The molecule has 8 heteroatoms. The predicted octanol–water partition coefficient (Wildman–Crippen LogP) is 3.96. The van der Waals surface area contributed by atoms with Crippen LogP contribution in [0.3, 0.4) is 0 Å².